The van der Waals surface area contributed by atoms with Crippen LogP contribution >= 0.6 is 0 Å². The second kappa shape index (κ2) is 4.96. The third-order valence-electron chi connectivity index (χ3n) is 3.54. The molecule has 1 aromatic rings. The molecule has 0 amide bonds. The molecule has 0 saturated carbocycles. The normalized spacial score (nSPS) is 19.9. The van der Waals surface area contributed by atoms with E-state index in [1.54, 1.807) is 0 Å². The maximum atomic E-state index is 12.1. The summed E-state index contributed by atoms with van der Waals surface area (Å²) in [4.78, 5) is 0. The van der Waals surface area contributed by atoms with E-state index in [9.17, 15) is 18.3 Å². The standard InChI is InChI=1S/C13H18F3NO/c1-9-8-10-11(4-2-5-12(10)18)17(9)7-3-6-13(14,15)16/h8,12,18H,2-7H2,1H3. The second-order valence-corrected chi connectivity index (χ2v) is 4.97. The number of aryl methyl sites for hydroxylation is 1. The molecule has 1 heterocycles. The molecule has 102 valence electrons. The first-order valence-corrected chi connectivity index (χ1v) is 6.32. The molecule has 0 radical (unpaired) electrons. The van der Waals surface area contributed by atoms with Gasteiger partial charge in [-0.25, -0.2) is 0 Å². The molecule has 5 heteroatoms. The van der Waals surface area contributed by atoms with Gasteiger partial charge in [0.05, 0.1) is 6.10 Å². The van der Waals surface area contributed by atoms with Gasteiger partial charge >= 0.3 is 6.18 Å². The summed E-state index contributed by atoms with van der Waals surface area (Å²) in [5, 5.41) is 9.86. The van der Waals surface area contributed by atoms with Crippen LogP contribution in [0, 0.1) is 6.92 Å². The Hall–Kier alpha value is -0.970. The number of fused-ring (bicyclic) bond motifs is 1. The van der Waals surface area contributed by atoms with Crippen LogP contribution in [0.15, 0.2) is 6.07 Å². The van der Waals surface area contributed by atoms with Crippen LogP contribution in [-0.2, 0) is 13.0 Å². The molecule has 0 aliphatic heterocycles. The lowest BCUT2D eigenvalue weighted by molar-refractivity contribution is -0.135. The molecule has 0 spiro atoms. The fraction of sp³-hybridized carbons (Fsp3) is 0.692. The summed E-state index contributed by atoms with van der Waals surface area (Å²) < 4.78 is 38.3. The van der Waals surface area contributed by atoms with Crippen molar-refractivity contribution in [3.63, 3.8) is 0 Å². The Morgan fingerprint density at radius 1 is 1.44 bits per heavy atom. The minimum Gasteiger partial charge on any atom is -0.388 e. The van der Waals surface area contributed by atoms with Gasteiger partial charge in [0.2, 0.25) is 0 Å². The van der Waals surface area contributed by atoms with Crippen LogP contribution in [0.2, 0.25) is 0 Å². The Kier molecular flexibility index (Phi) is 3.71. The summed E-state index contributed by atoms with van der Waals surface area (Å²) in [5.41, 5.74) is 2.88. The van der Waals surface area contributed by atoms with Crippen LogP contribution < -0.4 is 0 Å². The Morgan fingerprint density at radius 3 is 2.83 bits per heavy atom. The van der Waals surface area contributed by atoms with Gasteiger partial charge in [-0.2, -0.15) is 13.2 Å². The molecule has 1 aromatic heterocycles. The van der Waals surface area contributed by atoms with Gasteiger partial charge in [-0.3, -0.25) is 0 Å². The number of alkyl halides is 3. The van der Waals surface area contributed by atoms with Crippen LogP contribution in [0.4, 0.5) is 13.2 Å². The molecule has 2 nitrogen and oxygen atoms in total. The summed E-state index contributed by atoms with van der Waals surface area (Å²) in [6.07, 6.45) is -2.68. The smallest absolute Gasteiger partial charge is 0.388 e. The van der Waals surface area contributed by atoms with Crippen LogP contribution in [0.3, 0.4) is 0 Å². The fourth-order valence-corrected chi connectivity index (χ4v) is 2.69. The van der Waals surface area contributed by atoms with Gasteiger partial charge in [0.1, 0.15) is 0 Å². The van der Waals surface area contributed by atoms with E-state index in [1.165, 1.54) is 0 Å². The first kappa shape index (κ1) is 13.5. The second-order valence-electron chi connectivity index (χ2n) is 4.97. The van der Waals surface area contributed by atoms with E-state index < -0.39 is 18.7 Å². The molecule has 18 heavy (non-hydrogen) atoms. The zero-order chi connectivity index (χ0) is 13.3. The van der Waals surface area contributed by atoms with Crippen molar-refractivity contribution < 1.29 is 18.3 Å². The number of halogens is 3. The molecule has 1 aliphatic carbocycles. The number of rotatable bonds is 3. The van der Waals surface area contributed by atoms with E-state index >= 15 is 0 Å². The average Bonchev–Trinajstić information content (AvgIpc) is 2.56. The highest BCUT2D eigenvalue weighted by atomic mass is 19.4. The number of aromatic nitrogens is 1. The third-order valence-corrected chi connectivity index (χ3v) is 3.54. The van der Waals surface area contributed by atoms with E-state index in [0.717, 1.165) is 36.2 Å². The van der Waals surface area contributed by atoms with Gasteiger partial charge < -0.3 is 9.67 Å². The number of hydrogen-bond acceptors (Lipinski definition) is 1. The van der Waals surface area contributed by atoms with Crippen molar-refractivity contribution in [2.75, 3.05) is 0 Å². The monoisotopic (exact) mass is 261 g/mol. The third kappa shape index (κ3) is 2.88. The van der Waals surface area contributed by atoms with Crippen molar-refractivity contribution in [3.8, 4) is 0 Å². The van der Waals surface area contributed by atoms with Gasteiger partial charge in [0, 0.05) is 29.9 Å². The van der Waals surface area contributed by atoms with E-state index in [1.807, 2.05) is 17.6 Å². The number of aliphatic hydroxyl groups excluding tert-OH is 1. The Balaban J connectivity index is 2.09. The molecule has 1 unspecified atom stereocenters. The van der Waals surface area contributed by atoms with Gasteiger partial charge in [-0.15, -0.1) is 0 Å². The predicted molar refractivity (Wildman–Crippen MR) is 62.4 cm³/mol. The van der Waals surface area contributed by atoms with Crippen molar-refractivity contribution in [2.45, 2.75) is 57.9 Å². The van der Waals surface area contributed by atoms with Gasteiger partial charge in [-0.05, 0) is 38.7 Å². The summed E-state index contributed by atoms with van der Waals surface area (Å²) in [6.45, 7) is 2.27. The number of nitrogens with zero attached hydrogens (tertiary/aromatic N) is 1. The van der Waals surface area contributed by atoms with E-state index in [4.69, 9.17) is 0 Å². The van der Waals surface area contributed by atoms with Crippen molar-refractivity contribution in [1.29, 1.82) is 0 Å². The van der Waals surface area contributed by atoms with Crippen molar-refractivity contribution in [2.24, 2.45) is 0 Å². The largest absolute Gasteiger partial charge is 0.389 e. The Labute approximate surface area is 104 Å². The van der Waals surface area contributed by atoms with Crippen LogP contribution in [0.25, 0.3) is 0 Å². The Bertz CT molecular complexity index is 423. The van der Waals surface area contributed by atoms with Crippen molar-refractivity contribution >= 4 is 0 Å². The zero-order valence-corrected chi connectivity index (χ0v) is 10.4. The first-order chi connectivity index (χ1) is 8.38. The minimum absolute atomic E-state index is 0.0988. The summed E-state index contributed by atoms with van der Waals surface area (Å²) in [7, 11) is 0. The van der Waals surface area contributed by atoms with Crippen LogP contribution in [-0.4, -0.2) is 15.8 Å². The van der Waals surface area contributed by atoms with Gasteiger partial charge in [0.15, 0.2) is 0 Å². The van der Waals surface area contributed by atoms with Gasteiger partial charge in [-0.1, -0.05) is 0 Å². The number of aliphatic hydroxyl groups is 1. The molecule has 0 bridgehead atoms. The molecule has 0 saturated heterocycles. The highest BCUT2D eigenvalue weighted by Crippen LogP contribution is 2.32. The highest BCUT2D eigenvalue weighted by molar-refractivity contribution is 5.31. The molecule has 2 rings (SSSR count). The molecule has 1 N–H and O–H groups in total. The van der Waals surface area contributed by atoms with Gasteiger partial charge in [0.25, 0.3) is 0 Å². The SMILES string of the molecule is Cc1cc2c(n1CCCC(F)(F)F)CCCC2O. The predicted octanol–water partition coefficient (Wildman–Crippen LogP) is 3.51. The first-order valence-electron chi connectivity index (χ1n) is 6.32. The van der Waals surface area contributed by atoms with E-state index in [-0.39, 0.29) is 6.42 Å². The summed E-state index contributed by atoms with van der Waals surface area (Å²) in [5.74, 6) is 0. The van der Waals surface area contributed by atoms with Crippen molar-refractivity contribution in [1.82, 2.24) is 4.57 Å². The lowest BCUT2D eigenvalue weighted by Gasteiger charge is -2.20. The Morgan fingerprint density at radius 2 is 2.17 bits per heavy atom. The molecular weight excluding hydrogens is 243 g/mol. The lowest BCUT2D eigenvalue weighted by Crippen LogP contribution is -2.14. The molecule has 0 fully saturated rings. The fourth-order valence-electron chi connectivity index (χ4n) is 2.69. The maximum absolute atomic E-state index is 12.1. The van der Waals surface area contributed by atoms with Crippen LogP contribution in [0.1, 0.15) is 48.7 Å². The molecule has 0 aromatic carbocycles. The average molecular weight is 261 g/mol. The lowest BCUT2D eigenvalue weighted by atomic mass is 9.95. The van der Waals surface area contributed by atoms with E-state index in [2.05, 4.69) is 0 Å². The van der Waals surface area contributed by atoms with E-state index in [0.29, 0.717) is 6.54 Å². The minimum atomic E-state index is -4.08. The van der Waals surface area contributed by atoms with Crippen molar-refractivity contribution in [3.05, 3.63) is 23.0 Å². The topological polar surface area (TPSA) is 25.2 Å². The summed E-state index contributed by atoms with van der Waals surface area (Å²) in [6, 6.07) is 1.91. The maximum Gasteiger partial charge on any atom is 0.389 e. The number of hydrogen-bond donors (Lipinski definition) is 1. The van der Waals surface area contributed by atoms with Crippen LogP contribution in [0.5, 0.6) is 0 Å². The zero-order valence-electron chi connectivity index (χ0n) is 10.4. The highest BCUT2D eigenvalue weighted by Gasteiger charge is 2.27. The summed E-state index contributed by atoms with van der Waals surface area (Å²) >= 11 is 0. The molecule has 1 atom stereocenters. The molecule has 1 aliphatic rings. The molecular formula is C13H18F3NO. The quantitative estimate of drug-likeness (QED) is 0.885.